The van der Waals surface area contributed by atoms with Gasteiger partial charge in [-0.05, 0) is 49.9 Å². The molecule has 1 fully saturated rings. The number of alkyl halides is 3. The van der Waals surface area contributed by atoms with Gasteiger partial charge in [0.05, 0.1) is 5.56 Å². The van der Waals surface area contributed by atoms with E-state index >= 15 is 0 Å². The molecule has 0 radical (unpaired) electrons. The summed E-state index contributed by atoms with van der Waals surface area (Å²) in [6, 6.07) is 3.64. The van der Waals surface area contributed by atoms with Crippen molar-refractivity contribution in [1.29, 1.82) is 0 Å². The minimum absolute atomic E-state index is 0. The summed E-state index contributed by atoms with van der Waals surface area (Å²) in [5.41, 5.74) is 5.29. The first-order valence-electron chi connectivity index (χ1n) is 8.10. The number of H-pyrrole nitrogens is 1. The number of nitrogens with two attached hydrogens (primary N) is 1. The number of aromatic amines is 1. The van der Waals surface area contributed by atoms with Gasteiger partial charge in [-0.1, -0.05) is 0 Å². The molecule has 1 aromatic carbocycles. The van der Waals surface area contributed by atoms with Crippen LogP contribution in [-0.4, -0.2) is 29.8 Å². The molecule has 1 unspecified atom stereocenters. The Morgan fingerprint density at radius 1 is 1.38 bits per heavy atom. The number of nitrogens with one attached hydrogen (secondary N) is 1. The SMILES string of the molecule is Cl.NCCC1CCCN(c2cc(-c3n[nH]c(=O)o3)ccc2C(F)(F)F)C1. The fourth-order valence-electron chi connectivity index (χ4n) is 3.27. The number of rotatable bonds is 4. The molecule has 1 atom stereocenters. The summed E-state index contributed by atoms with van der Waals surface area (Å²) in [6.45, 7) is 1.58. The van der Waals surface area contributed by atoms with Crippen LogP contribution < -0.4 is 16.4 Å². The van der Waals surface area contributed by atoms with Crippen molar-refractivity contribution in [2.45, 2.75) is 25.4 Å². The van der Waals surface area contributed by atoms with Crippen LogP contribution in [0.2, 0.25) is 0 Å². The van der Waals surface area contributed by atoms with Crippen molar-refractivity contribution < 1.29 is 17.6 Å². The number of aromatic nitrogens is 2. The van der Waals surface area contributed by atoms with Gasteiger partial charge in [-0.2, -0.15) is 13.2 Å². The van der Waals surface area contributed by atoms with E-state index in [1.54, 1.807) is 4.90 Å². The Bertz CT molecular complexity index is 788. The summed E-state index contributed by atoms with van der Waals surface area (Å²) >= 11 is 0. The molecule has 2 aromatic rings. The summed E-state index contributed by atoms with van der Waals surface area (Å²) in [5.74, 6) is -0.514. The molecule has 6 nitrogen and oxygen atoms in total. The number of hydrogen-bond donors (Lipinski definition) is 2. The molecule has 3 rings (SSSR count). The maximum Gasteiger partial charge on any atom is 0.434 e. The van der Waals surface area contributed by atoms with Gasteiger partial charge in [0.25, 0.3) is 0 Å². The third-order valence-corrected chi connectivity index (χ3v) is 4.42. The zero-order valence-electron chi connectivity index (χ0n) is 13.9. The second kappa shape index (κ2) is 8.13. The Hall–Kier alpha value is -2.00. The van der Waals surface area contributed by atoms with E-state index < -0.39 is 17.5 Å². The van der Waals surface area contributed by atoms with Gasteiger partial charge in [-0.3, -0.25) is 0 Å². The standard InChI is InChI=1S/C16H19F3N4O2.ClH/c17-16(18,19)12-4-3-11(14-21-22-15(24)25-14)8-13(12)23-7-1-2-10(9-23)5-6-20;/h3-4,8,10H,1-2,5-7,9,20H2,(H,22,24);1H. The first-order chi connectivity index (χ1) is 11.9. The van der Waals surface area contributed by atoms with E-state index in [1.807, 2.05) is 0 Å². The van der Waals surface area contributed by atoms with Crippen LogP contribution in [0.4, 0.5) is 18.9 Å². The Morgan fingerprint density at radius 3 is 2.77 bits per heavy atom. The van der Waals surface area contributed by atoms with Crippen molar-refractivity contribution in [2.24, 2.45) is 11.7 Å². The predicted molar refractivity (Wildman–Crippen MR) is 93.4 cm³/mol. The zero-order chi connectivity index (χ0) is 18.0. The molecule has 0 bridgehead atoms. The van der Waals surface area contributed by atoms with Gasteiger partial charge in [0.2, 0.25) is 5.89 Å². The van der Waals surface area contributed by atoms with E-state index in [9.17, 15) is 18.0 Å². The lowest BCUT2D eigenvalue weighted by Crippen LogP contribution is -2.37. The first-order valence-corrected chi connectivity index (χ1v) is 8.10. The van der Waals surface area contributed by atoms with Crippen LogP contribution in [0.5, 0.6) is 0 Å². The number of halogens is 4. The lowest BCUT2D eigenvalue weighted by atomic mass is 9.93. The Labute approximate surface area is 154 Å². The topological polar surface area (TPSA) is 88.1 Å². The lowest BCUT2D eigenvalue weighted by molar-refractivity contribution is -0.137. The number of nitrogens with zero attached hydrogens (tertiary/aromatic N) is 2. The summed E-state index contributed by atoms with van der Waals surface area (Å²) in [4.78, 5) is 12.8. The lowest BCUT2D eigenvalue weighted by Gasteiger charge is -2.36. The third kappa shape index (κ3) is 4.39. The van der Waals surface area contributed by atoms with Crippen molar-refractivity contribution in [3.8, 4) is 11.5 Å². The molecule has 1 saturated heterocycles. The summed E-state index contributed by atoms with van der Waals surface area (Å²) in [6.07, 6.45) is -1.92. The molecule has 144 valence electrons. The molecular weight excluding hydrogens is 373 g/mol. The Kier molecular flexibility index (Phi) is 6.35. The van der Waals surface area contributed by atoms with Gasteiger partial charge < -0.3 is 15.1 Å². The van der Waals surface area contributed by atoms with Gasteiger partial charge in [0.1, 0.15) is 0 Å². The average molecular weight is 393 g/mol. The minimum Gasteiger partial charge on any atom is -0.388 e. The Morgan fingerprint density at radius 2 is 2.15 bits per heavy atom. The van der Waals surface area contributed by atoms with Crippen molar-refractivity contribution in [2.75, 3.05) is 24.5 Å². The highest BCUT2D eigenvalue weighted by molar-refractivity contribution is 5.85. The van der Waals surface area contributed by atoms with E-state index in [-0.39, 0.29) is 29.9 Å². The molecule has 1 aliphatic heterocycles. The summed E-state index contributed by atoms with van der Waals surface area (Å²) in [5, 5.41) is 5.80. The van der Waals surface area contributed by atoms with Gasteiger partial charge in [-0.25, -0.2) is 9.89 Å². The van der Waals surface area contributed by atoms with E-state index in [0.29, 0.717) is 25.2 Å². The van der Waals surface area contributed by atoms with Crippen molar-refractivity contribution in [3.63, 3.8) is 0 Å². The smallest absolute Gasteiger partial charge is 0.388 e. The zero-order valence-corrected chi connectivity index (χ0v) is 14.7. The fraction of sp³-hybridized carbons (Fsp3) is 0.500. The molecule has 1 aromatic heterocycles. The molecule has 0 aliphatic carbocycles. The highest BCUT2D eigenvalue weighted by Gasteiger charge is 2.36. The maximum absolute atomic E-state index is 13.4. The number of anilines is 1. The second-order valence-electron chi connectivity index (χ2n) is 6.18. The average Bonchev–Trinajstić information content (AvgIpc) is 3.01. The van der Waals surface area contributed by atoms with Crippen LogP contribution in [0.1, 0.15) is 24.8 Å². The first kappa shape index (κ1) is 20.3. The van der Waals surface area contributed by atoms with Crippen molar-refractivity contribution in [1.82, 2.24) is 10.2 Å². The molecule has 10 heteroatoms. The molecular formula is C16H20ClF3N4O2. The fourth-order valence-corrected chi connectivity index (χ4v) is 3.27. The molecule has 1 aliphatic rings. The second-order valence-corrected chi connectivity index (χ2v) is 6.18. The van der Waals surface area contributed by atoms with Gasteiger partial charge in [0.15, 0.2) is 0 Å². The van der Waals surface area contributed by atoms with Crippen LogP contribution in [0.3, 0.4) is 0 Å². The van der Waals surface area contributed by atoms with Crippen molar-refractivity contribution in [3.05, 3.63) is 34.3 Å². The van der Waals surface area contributed by atoms with Crippen LogP contribution in [-0.2, 0) is 6.18 Å². The predicted octanol–water partition coefficient (Wildman–Crippen LogP) is 3.04. The molecule has 0 amide bonds. The quantitative estimate of drug-likeness (QED) is 0.835. The maximum atomic E-state index is 13.4. The third-order valence-electron chi connectivity index (χ3n) is 4.42. The number of piperidine rings is 1. The van der Waals surface area contributed by atoms with Crippen LogP contribution in [0.25, 0.3) is 11.5 Å². The van der Waals surface area contributed by atoms with Gasteiger partial charge in [0, 0.05) is 24.3 Å². The molecule has 3 N–H and O–H groups in total. The van der Waals surface area contributed by atoms with E-state index in [0.717, 1.165) is 25.3 Å². The molecule has 2 heterocycles. The highest BCUT2D eigenvalue weighted by Crippen LogP contribution is 2.40. The summed E-state index contributed by atoms with van der Waals surface area (Å²) < 4.78 is 45.2. The van der Waals surface area contributed by atoms with E-state index in [1.165, 1.54) is 12.1 Å². The Balaban J connectivity index is 0.00000243. The van der Waals surface area contributed by atoms with Crippen molar-refractivity contribution >= 4 is 18.1 Å². The van der Waals surface area contributed by atoms with E-state index in [2.05, 4.69) is 10.2 Å². The monoisotopic (exact) mass is 392 g/mol. The van der Waals surface area contributed by atoms with E-state index in [4.69, 9.17) is 10.2 Å². The van der Waals surface area contributed by atoms with Crippen LogP contribution in [0.15, 0.2) is 27.4 Å². The summed E-state index contributed by atoms with van der Waals surface area (Å²) in [7, 11) is 0. The molecule has 0 saturated carbocycles. The minimum atomic E-state index is -4.47. The van der Waals surface area contributed by atoms with Gasteiger partial charge >= 0.3 is 11.9 Å². The van der Waals surface area contributed by atoms with Gasteiger partial charge in [-0.15, -0.1) is 17.5 Å². The molecule has 26 heavy (non-hydrogen) atoms. The number of hydrogen-bond acceptors (Lipinski definition) is 5. The normalized spacial score (nSPS) is 17.8. The molecule has 0 spiro atoms. The van der Waals surface area contributed by atoms with Crippen LogP contribution >= 0.6 is 12.4 Å². The van der Waals surface area contributed by atoms with Crippen LogP contribution in [0, 0.1) is 5.92 Å². The number of benzene rings is 1. The largest absolute Gasteiger partial charge is 0.434 e. The highest BCUT2D eigenvalue weighted by atomic mass is 35.5.